The number of rotatable bonds is 9. The molecule has 0 saturated heterocycles. The van der Waals surface area contributed by atoms with E-state index in [0.29, 0.717) is 6.61 Å². The molecule has 0 aliphatic rings. The van der Waals surface area contributed by atoms with E-state index in [1.54, 1.807) is 18.9 Å². The number of amides is 1. The Morgan fingerprint density at radius 2 is 1.48 bits per heavy atom. The van der Waals surface area contributed by atoms with Crippen LogP contribution in [0.1, 0.15) is 50.3 Å². The molecule has 4 atom stereocenters. The Bertz CT molecular complexity index is 778. The maximum absolute atomic E-state index is 13.5. The van der Waals surface area contributed by atoms with Crippen molar-refractivity contribution in [1.82, 2.24) is 4.90 Å². The minimum Gasteiger partial charge on any atom is -0.466 e. The Labute approximate surface area is 173 Å². The van der Waals surface area contributed by atoms with Crippen molar-refractivity contribution in [3.05, 3.63) is 71.8 Å². The van der Waals surface area contributed by atoms with Crippen molar-refractivity contribution in [2.75, 3.05) is 13.7 Å². The van der Waals surface area contributed by atoms with Gasteiger partial charge in [-0.15, -0.1) is 0 Å². The zero-order valence-electron chi connectivity index (χ0n) is 17.6. The molecule has 29 heavy (non-hydrogen) atoms. The fourth-order valence-corrected chi connectivity index (χ4v) is 3.54. The Balaban J connectivity index is 2.24. The number of nitrogens with zero attached hydrogens (tertiary/aromatic N) is 1. The van der Waals surface area contributed by atoms with Gasteiger partial charge in [-0.3, -0.25) is 9.59 Å². The molecule has 1 amide bonds. The van der Waals surface area contributed by atoms with E-state index in [0.717, 1.165) is 11.1 Å². The zero-order valence-corrected chi connectivity index (χ0v) is 17.6. The minimum absolute atomic E-state index is 0.129. The highest BCUT2D eigenvalue weighted by atomic mass is 16.5. The van der Waals surface area contributed by atoms with Crippen LogP contribution >= 0.6 is 0 Å². The third-order valence-electron chi connectivity index (χ3n) is 5.34. The van der Waals surface area contributed by atoms with Crippen molar-refractivity contribution < 1.29 is 19.4 Å². The van der Waals surface area contributed by atoms with E-state index >= 15 is 0 Å². The van der Waals surface area contributed by atoms with Gasteiger partial charge in [-0.05, 0) is 30.9 Å². The molecule has 2 aromatic rings. The summed E-state index contributed by atoms with van der Waals surface area (Å²) < 4.78 is 5.08. The number of hydrogen-bond acceptors (Lipinski definition) is 4. The quantitative estimate of drug-likeness (QED) is 0.651. The molecule has 0 heterocycles. The summed E-state index contributed by atoms with van der Waals surface area (Å²) in [6.07, 6.45) is -0.648. The van der Waals surface area contributed by atoms with Crippen LogP contribution in [-0.4, -0.2) is 41.6 Å². The lowest BCUT2D eigenvalue weighted by Crippen LogP contribution is -2.43. The van der Waals surface area contributed by atoms with E-state index < -0.39 is 18.1 Å². The molecule has 5 nitrogen and oxygen atoms in total. The predicted molar refractivity (Wildman–Crippen MR) is 113 cm³/mol. The summed E-state index contributed by atoms with van der Waals surface area (Å²) in [6.45, 7) is 5.80. The first-order chi connectivity index (χ1) is 13.9. The number of likely N-dealkylation sites (N-methyl/N-ethyl adjacent to an activating group) is 1. The number of benzene rings is 2. The molecule has 0 fully saturated rings. The average Bonchev–Trinajstić information content (AvgIpc) is 2.73. The van der Waals surface area contributed by atoms with Gasteiger partial charge in [0.05, 0.1) is 24.7 Å². The molecule has 0 unspecified atom stereocenters. The number of carbonyl (C=O) groups excluding carboxylic acids is 2. The molecule has 0 aliphatic carbocycles. The van der Waals surface area contributed by atoms with Crippen LogP contribution in [0.4, 0.5) is 0 Å². The highest BCUT2D eigenvalue weighted by Crippen LogP contribution is 2.31. The third-order valence-corrected chi connectivity index (χ3v) is 5.34. The summed E-state index contributed by atoms with van der Waals surface area (Å²) in [4.78, 5) is 27.1. The third kappa shape index (κ3) is 5.91. The van der Waals surface area contributed by atoms with Gasteiger partial charge in [-0.1, -0.05) is 67.6 Å². The molecule has 5 heteroatoms. The second-order valence-corrected chi connectivity index (χ2v) is 7.42. The topological polar surface area (TPSA) is 66.8 Å². The first-order valence-corrected chi connectivity index (χ1v) is 10.1. The number of aliphatic hydroxyl groups is 1. The average molecular weight is 398 g/mol. The van der Waals surface area contributed by atoms with Crippen LogP contribution in [0.15, 0.2) is 60.7 Å². The van der Waals surface area contributed by atoms with Crippen molar-refractivity contribution >= 4 is 11.9 Å². The zero-order chi connectivity index (χ0) is 21.4. The molecule has 0 saturated carbocycles. The van der Waals surface area contributed by atoms with Gasteiger partial charge >= 0.3 is 5.97 Å². The fourth-order valence-electron chi connectivity index (χ4n) is 3.54. The molecule has 0 radical (unpaired) electrons. The molecular formula is C24H31NO4. The lowest BCUT2D eigenvalue weighted by atomic mass is 9.83. The van der Waals surface area contributed by atoms with Gasteiger partial charge in [0, 0.05) is 13.5 Å². The summed E-state index contributed by atoms with van der Waals surface area (Å²) in [5, 5.41) is 10.7. The fraction of sp³-hybridized carbons (Fsp3) is 0.417. The van der Waals surface area contributed by atoms with E-state index in [-0.39, 0.29) is 24.2 Å². The normalized spacial score (nSPS) is 15.1. The van der Waals surface area contributed by atoms with Crippen LogP contribution in [0, 0.1) is 5.92 Å². The van der Waals surface area contributed by atoms with Crippen LogP contribution in [0.3, 0.4) is 0 Å². The molecule has 1 N–H and O–H groups in total. The lowest BCUT2D eigenvalue weighted by molar-refractivity contribution is -0.145. The smallest absolute Gasteiger partial charge is 0.306 e. The maximum atomic E-state index is 13.5. The molecule has 2 rings (SSSR count). The number of hydrogen-bond donors (Lipinski definition) is 1. The van der Waals surface area contributed by atoms with E-state index in [1.165, 1.54) is 0 Å². The summed E-state index contributed by atoms with van der Waals surface area (Å²) in [7, 11) is 1.70. The van der Waals surface area contributed by atoms with Gasteiger partial charge in [0.15, 0.2) is 0 Å². The number of aliphatic hydroxyl groups excluding tert-OH is 1. The molecular weight excluding hydrogens is 366 g/mol. The number of ether oxygens (including phenoxy) is 1. The largest absolute Gasteiger partial charge is 0.466 e. The van der Waals surface area contributed by atoms with Gasteiger partial charge in [-0.2, -0.15) is 0 Å². The van der Waals surface area contributed by atoms with Gasteiger partial charge < -0.3 is 14.7 Å². The van der Waals surface area contributed by atoms with Gasteiger partial charge in [0.25, 0.3) is 0 Å². The van der Waals surface area contributed by atoms with Crippen molar-refractivity contribution in [3.63, 3.8) is 0 Å². The first kappa shape index (κ1) is 22.6. The summed E-state index contributed by atoms with van der Waals surface area (Å²) in [5.41, 5.74) is 1.61. The first-order valence-electron chi connectivity index (χ1n) is 10.1. The molecule has 0 bridgehead atoms. The second-order valence-electron chi connectivity index (χ2n) is 7.42. The Morgan fingerprint density at radius 3 is 2.00 bits per heavy atom. The Kier molecular flexibility index (Phi) is 8.40. The summed E-state index contributed by atoms with van der Waals surface area (Å²) >= 11 is 0. The second kappa shape index (κ2) is 10.8. The van der Waals surface area contributed by atoms with Crippen LogP contribution in [0.2, 0.25) is 0 Å². The van der Waals surface area contributed by atoms with Crippen molar-refractivity contribution in [1.29, 1.82) is 0 Å². The van der Waals surface area contributed by atoms with E-state index in [1.807, 2.05) is 74.5 Å². The molecule has 0 aliphatic heterocycles. The lowest BCUT2D eigenvalue weighted by Gasteiger charge is -2.34. The van der Waals surface area contributed by atoms with Crippen LogP contribution in [-0.2, 0) is 14.3 Å². The van der Waals surface area contributed by atoms with Crippen LogP contribution in [0.25, 0.3) is 0 Å². The van der Waals surface area contributed by atoms with Gasteiger partial charge in [0.2, 0.25) is 5.91 Å². The van der Waals surface area contributed by atoms with E-state index in [9.17, 15) is 14.7 Å². The minimum atomic E-state index is -0.804. The van der Waals surface area contributed by atoms with Gasteiger partial charge in [-0.25, -0.2) is 0 Å². The van der Waals surface area contributed by atoms with Crippen molar-refractivity contribution in [3.8, 4) is 0 Å². The predicted octanol–water partition coefficient (Wildman–Crippen LogP) is 3.94. The van der Waals surface area contributed by atoms with E-state index in [2.05, 4.69) is 0 Å². The maximum Gasteiger partial charge on any atom is 0.306 e. The number of carbonyl (C=O) groups is 2. The molecule has 156 valence electrons. The molecule has 0 spiro atoms. The summed E-state index contributed by atoms with van der Waals surface area (Å²) in [5.74, 6) is -1.19. The highest BCUT2D eigenvalue weighted by molar-refractivity contribution is 5.85. The highest BCUT2D eigenvalue weighted by Gasteiger charge is 2.34. The van der Waals surface area contributed by atoms with Crippen LogP contribution < -0.4 is 0 Å². The van der Waals surface area contributed by atoms with E-state index in [4.69, 9.17) is 4.74 Å². The molecule has 0 aromatic heterocycles. The van der Waals surface area contributed by atoms with Crippen molar-refractivity contribution in [2.45, 2.75) is 45.3 Å². The monoisotopic (exact) mass is 397 g/mol. The SMILES string of the molecule is CCOC(=O)C[C@@H](C)[C@@H](C(=O)N(C)[C@H](C)[C@H](O)c1ccccc1)c1ccccc1. The number of esters is 1. The summed E-state index contributed by atoms with van der Waals surface area (Å²) in [6, 6.07) is 18.3. The Hall–Kier alpha value is -2.66. The molecule has 2 aromatic carbocycles. The standard InChI is InChI=1S/C24H31NO4/c1-5-29-21(26)16-17(2)22(19-12-8-6-9-13-19)24(28)25(4)18(3)23(27)20-14-10-7-11-15-20/h6-15,17-18,22-23,27H,5,16H2,1-4H3/t17-,18-,22-,23+/m1/s1. The van der Waals surface area contributed by atoms with Gasteiger partial charge in [0.1, 0.15) is 0 Å². The van der Waals surface area contributed by atoms with Crippen LogP contribution in [0.5, 0.6) is 0 Å². The van der Waals surface area contributed by atoms with Crippen molar-refractivity contribution in [2.24, 2.45) is 5.92 Å². The Morgan fingerprint density at radius 1 is 0.966 bits per heavy atom.